The fraction of sp³-hybridized carbons (Fsp3) is 0.200. The van der Waals surface area contributed by atoms with E-state index in [1.807, 2.05) is 16.5 Å². The van der Waals surface area contributed by atoms with Crippen molar-refractivity contribution in [1.29, 1.82) is 0 Å². The normalized spacial score (nSPS) is 14.6. The Kier molecular flexibility index (Phi) is 1.60. The Balaban J connectivity index is 2.13. The Morgan fingerprint density at radius 2 is 1.94 bits per heavy atom. The average Bonchev–Trinajstić information content (AvgIpc) is 2.87. The van der Waals surface area contributed by atoms with Crippen LogP contribution in [-0.4, -0.2) is 27.8 Å². The molecule has 2 N–H and O–H groups in total. The lowest BCUT2D eigenvalue weighted by Crippen LogP contribution is -2.15. The maximum Gasteiger partial charge on any atom is 0.227 e. The standard InChI is InChI=1S/C10H8N4O2S/c11-9-12-13-10-14(9)5-3-6-7(4-8(5)17-10)16-2-1-15-6/h3-4H,1-2H2,(H2,11,12). The van der Waals surface area contributed by atoms with E-state index in [1.54, 1.807) is 0 Å². The van der Waals surface area contributed by atoms with Crippen LogP contribution in [0.15, 0.2) is 12.1 Å². The molecule has 2 aromatic heterocycles. The van der Waals surface area contributed by atoms with Crippen LogP contribution in [0.2, 0.25) is 0 Å². The van der Waals surface area contributed by atoms with Gasteiger partial charge in [-0.25, -0.2) is 0 Å². The third-order valence-electron chi connectivity index (χ3n) is 2.72. The maximum atomic E-state index is 5.79. The van der Waals surface area contributed by atoms with Crippen molar-refractivity contribution in [3.63, 3.8) is 0 Å². The first-order chi connectivity index (χ1) is 8.33. The zero-order chi connectivity index (χ0) is 11.4. The number of hydrogen-bond donors (Lipinski definition) is 1. The van der Waals surface area contributed by atoms with Gasteiger partial charge in [0.2, 0.25) is 10.9 Å². The molecule has 7 heteroatoms. The molecule has 3 aromatic rings. The summed E-state index contributed by atoms with van der Waals surface area (Å²) in [5.74, 6) is 1.92. The number of nitrogens with zero attached hydrogens (tertiary/aromatic N) is 3. The zero-order valence-electron chi connectivity index (χ0n) is 8.71. The van der Waals surface area contributed by atoms with Crippen molar-refractivity contribution in [2.24, 2.45) is 0 Å². The van der Waals surface area contributed by atoms with Gasteiger partial charge < -0.3 is 15.2 Å². The Morgan fingerprint density at radius 3 is 2.76 bits per heavy atom. The number of thiazole rings is 1. The molecule has 4 rings (SSSR count). The van der Waals surface area contributed by atoms with E-state index in [4.69, 9.17) is 15.2 Å². The van der Waals surface area contributed by atoms with Crippen LogP contribution in [-0.2, 0) is 0 Å². The number of aromatic nitrogens is 3. The minimum absolute atomic E-state index is 0.392. The van der Waals surface area contributed by atoms with Gasteiger partial charge >= 0.3 is 0 Å². The zero-order valence-corrected chi connectivity index (χ0v) is 9.53. The summed E-state index contributed by atoms with van der Waals surface area (Å²) in [6.45, 7) is 1.16. The number of nitrogens with two attached hydrogens (primary N) is 1. The van der Waals surface area contributed by atoms with Gasteiger partial charge in [-0.3, -0.25) is 4.40 Å². The van der Waals surface area contributed by atoms with Gasteiger partial charge in [-0.05, 0) is 0 Å². The Hall–Kier alpha value is -2.02. The van der Waals surface area contributed by atoms with Crippen LogP contribution in [0.5, 0.6) is 11.5 Å². The second-order valence-electron chi connectivity index (χ2n) is 3.74. The molecule has 0 saturated heterocycles. The molecule has 0 amide bonds. The number of hydrogen-bond acceptors (Lipinski definition) is 6. The van der Waals surface area contributed by atoms with Crippen LogP contribution >= 0.6 is 11.3 Å². The van der Waals surface area contributed by atoms with Crippen molar-refractivity contribution in [2.75, 3.05) is 18.9 Å². The number of nitrogen functional groups attached to an aromatic ring is 1. The summed E-state index contributed by atoms with van der Waals surface area (Å²) < 4.78 is 14.0. The third-order valence-corrected chi connectivity index (χ3v) is 3.72. The highest BCUT2D eigenvalue weighted by Gasteiger charge is 2.17. The fourth-order valence-electron chi connectivity index (χ4n) is 1.99. The SMILES string of the molecule is Nc1nnc2sc3cc4c(cc3n12)OCCO4. The van der Waals surface area contributed by atoms with Gasteiger partial charge in [0, 0.05) is 12.1 Å². The van der Waals surface area contributed by atoms with E-state index in [9.17, 15) is 0 Å². The second-order valence-corrected chi connectivity index (χ2v) is 4.75. The predicted molar refractivity (Wildman–Crippen MR) is 63.8 cm³/mol. The van der Waals surface area contributed by atoms with Crippen molar-refractivity contribution >= 4 is 32.5 Å². The molecule has 1 aliphatic heterocycles. The molecule has 6 nitrogen and oxygen atoms in total. The highest BCUT2D eigenvalue weighted by molar-refractivity contribution is 7.23. The summed E-state index contributed by atoms with van der Waals surface area (Å²) in [4.78, 5) is 0.778. The summed E-state index contributed by atoms with van der Waals surface area (Å²) in [5.41, 5.74) is 6.74. The first-order valence-electron chi connectivity index (χ1n) is 5.16. The molecular weight excluding hydrogens is 240 g/mol. The fourth-order valence-corrected chi connectivity index (χ4v) is 2.97. The summed E-state index contributed by atoms with van der Waals surface area (Å²) >= 11 is 1.53. The molecule has 3 heterocycles. The van der Waals surface area contributed by atoms with Crippen LogP contribution in [0.25, 0.3) is 15.2 Å². The van der Waals surface area contributed by atoms with Crippen LogP contribution in [0.1, 0.15) is 0 Å². The molecule has 1 aliphatic rings. The van der Waals surface area contributed by atoms with Crippen LogP contribution in [0, 0.1) is 0 Å². The van der Waals surface area contributed by atoms with Crippen LogP contribution in [0.4, 0.5) is 5.95 Å². The molecule has 0 fully saturated rings. The van der Waals surface area contributed by atoms with E-state index in [1.165, 1.54) is 11.3 Å². The van der Waals surface area contributed by atoms with Crippen molar-refractivity contribution in [2.45, 2.75) is 0 Å². The molecule has 0 bridgehead atoms. The molecule has 0 atom stereocenters. The minimum Gasteiger partial charge on any atom is -0.486 e. The smallest absolute Gasteiger partial charge is 0.227 e. The molecule has 86 valence electrons. The first kappa shape index (κ1) is 9.06. The van der Waals surface area contributed by atoms with E-state index < -0.39 is 0 Å². The third kappa shape index (κ3) is 1.14. The van der Waals surface area contributed by atoms with Crippen LogP contribution in [0.3, 0.4) is 0 Å². The van der Waals surface area contributed by atoms with Gasteiger partial charge in [0.1, 0.15) is 13.2 Å². The Morgan fingerprint density at radius 1 is 1.18 bits per heavy atom. The van der Waals surface area contributed by atoms with Gasteiger partial charge in [0.05, 0.1) is 10.2 Å². The number of ether oxygens (including phenoxy) is 2. The van der Waals surface area contributed by atoms with Gasteiger partial charge in [-0.15, -0.1) is 10.2 Å². The number of fused-ring (bicyclic) bond motifs is 4. The van der Waals surface area contributed by atoms with E-state index in [-0.39, 0.29) is 0 Å². The van der Waals surface area contributed by atoms with Crippen molar-refractivity contribution in [3.8, 4) is 11.5 Å². The highest BCUT2D eigenvalue weighted by atomic mass is 32.1. The number of rotatable bonds is 0. The average molecular weight is 248 g/mol. The summed E-state index contributed by atoms with van der Waals surface area (Å²) in [7, 11) is 0. The largest absolute Gasteiger partial charge is 0.486 e. The van der Waals surface area contributed by atoms with E-state index in [2.05, 4.69) is 10.2 Å². The maximum absolute atomic E-state index is 5.79. The Labute approximate surface area is 99.6 Å². The Bertz CT molecular complexity index is 733. The molecule has 0 radical (unpaired) electrons. The second kappa shape index (κ2) is 3.01. The summed E-state index contributed by atoms with van der Waals surface area (Å²) in [6.07, 6.45) is 0. The van der Waals surface area contributed by atoms with Gasteiger partial charge in [-0.1, -0.05) is 11.3 Å². The lowest BCUT2D eigenvalue weighted by molar-refractivity contribution is 0.172. The lowest BCUT2D eigenvalue weighted by atomic mass is 10.3. The number of benzene rings is 1. The van der Waals surface area contributed by atoms with E-state index in [0.717, 1.165) is 26.7 Å². The topological polar surface area (TPSA) is 74.7 Å². The van der Waals surface area contributed by atoms with Crippen molar-refractivity contribution in [1.82, 2.24) is 14.6 Å². The number of anilines is 1. The molecule has 0 unspecified atom stereocenters. The predicted octanol–water partition coefficient (Wildman–Crippen LogP) is 1.30. The lowest BCUT2D eigenvalue weighted by Gasteiger charge is -2.17. The van der Waals surface area contributed by atoms with E-state index >= 15 is 0 Å². The van der Waals surface area contributed by atoms with Gasteiger partial charge in [-0.2, -0.15) is 0 Å². The summed E-state index contributed by atoms with van der Waals surface area (Å²) in [6, 6.07) is 3.88. The molecule has 1 aromatic carbocycles. The summed E-state index contributed by atoms with van der Waals surface area (Å²) in [5, 5.41) is 7.85. The molecule has 0 saturated carbocycles. The molecule has 0 aliphatic carbocycles. The highest BCUT2D eigenvalue weighted by Crippen LogP contribution is 2.38. The van der Waals surface area contributed by atoms with Gasteiger partial charge in [0.25, 0.3) is 0 Å². The molecule has 0 spiro atoms. The molecule has 17 heavy (non-hydrogen) atoms. The van der Waals surface area contributed by atoms with Crippen molar-refractivity contribution < 1.29 is 9.47 Å². The first-order valence-corrected chi connectivity index (χ1v) is 5.97. The monoisotopic (exact) mass is 248 g/mol. The quantitative estimate of drug-likeness (QED) is 0.649. The van der Waals surface area contributed by atoms with Crippen LogP contribution < -0.4 is 15.2 Å². The molecular formula is C10H8N4O2S. The van der Waals surface area contributed by atoms with E-state index in [0.29, 0.717) is 19.2 Å². The van der Waals surface area contributed by atoms with Gasteiger partial charge in [0.15, 0.2) is 11.5 Å². The minimum atomic E-state index is 0.392. The van der Waals surface area contributed by atoms with Crippen molar-refractivity contribution in [3.05, 3.63) is 12.1 Å².